The van der Waals surface area contributed by atoms with E-state index in [-0.39, 0.29) is 11.7 Å². The number of methoxy groups -OCH3 is 1. The fourth-order valence-electron chi connectivity index (χ4n) is 3.30. The normalized spacial score (nSPS) is 11.2. The lowest BCUT2D eigenvalue weighted by molar-refractivity contribution is -0.118. The van der Waals surface area contributed by atoms with Gasteiger partial charge in [0.25, 0.3) is 5.91 Å². The van der Waals surface area contributed by atoms with Crippen LogP contribution in [0.5, 0.6) is 5.75 Å². The van der Waals surface area contributed by atoms with Crippen LogP contribution in [0.2, 0.25) is 0 Å². The van der Waals surface area contributed by atoms with Gasteiger partial charge in [-0.15, -0.1) is 0 Å². The van der Waals surface area contributed by atoms with Crippen molar-refractivity contribution in [2.45, 2.75) is 18.6 Å². The maximum atomic E-state index is 12.4. The molecule has 0 unspecified atom stereocenters. The molecule has 0 radical (unpaired) electrons. The van der Waals surface area contributed by atoms with Crippen LogP contribution in [0.15, 0.2) is 83.1 Å². The zero-order chi connectivity index (χ0) is 22.3. The minimum absolute atomic E-state index is 0.199. The Kier molecular flexibility index (Phi) is 6.87. The molecule has 1 amide bonds. The van der Waals surface area contributed by atoms with E-state index in [1.54, 1.807) is 13.3 Å². The smallest absolute Gasteiger partial charge is 0.250 e. The zero-order valence-electron chi connectivity index (χ0n) is 18.0. The van der Waals surface area contributed by atoms with Gasteiger partial charge in [-0.05, 0) is 36.8 Å². The number of fused-ring (bicyclic) bond motifs is 1. The summed E-state index contributed by atoms with van der Waals surface area (Å²) in [5, 5.41) is 4.86. The minimum atomic E-state index is -0.199. The highest BCUT2D eigenvalue weighted by Crippen LogP contribution is 2.25. The topological polar surface area (TPSA) is 68.5 Å². The Morgan fingerprint density at radius 3 is 2.66 bits per heavy atom. The van der Waals surface area contributed by atoms with Crippen molar-refractivity contribution in [2.75, 3.05) is 12.9 Å². The summed E-state index contributed by atoms with van der Waals surface area (Å²) in [6.45, 7) is 2.77. The van der Waals surface area contributed by atoms with Crippen LogP contribution in [0.1, 0.15) is 16.7 Å². The number of carbonyl (C=O) groups is 1. The number of amides is 1. The summed E-state index contributed by atoms with van der Waals surface area (Å²) >= 11 is 1.40. The summed E-state index contributed by atoms with van der Waals surface area (Å²) in [6, 6.07) is 24.0. The maximum absolute atomic E-state index is 12.4. The maximum Gasteiger partial charge on any atom is 0.250 e. The molecule has 4 aromatic rings. The minimum Gasteiger partial charge on any atom is -0.496 e. The molecule has 6 nitrogen and oxygen atoms in total. The molecule has 0 aliphatic heterocycles. The third-order valence-corrected chi connectivity index (χ3v) is 5.92. The van der Waals surface area contributed by atoms with Crippen LogP contribution in [-0.4, -0.2) is 34.5 Å². The lowest BCUT2D eigenvalue weighted by Crippen LogP contribution is -2.20. The molecule has 3 aromatic carbocycles. The standard InChI is InChI=1S/C25H24N4O2S/c1-18-11-13-19(14-12-18)16-29-22-9-5-4-8-21(22)27-25(29)32-17-24(30)28-26-15-20-7-3-6-10-23(20)31-2/h3-15H,16-17H2,1-2H3,(H,28,30)/b26-15+. The first-order valence-corrected chi connectivity index (χ1v) is 11.2. The van der Waals surface area contributed by atoms with Crippen LogP contribution in [0.3, 0.4) is 0 Å². The Bertz CT molecular complexity index is 1250. The summed E-state index contributed by atoms with van der Waals surface area (Å²) in [5.74, 6) is 0.709. The SMILES string of the molecule is COc1ccccc1/C=N/NC(=O)CSc1nc2ccccc2n1Cc1ccc(C)cc1. The third kappa shape index (κ3) is 5.18. The number of aryl methyl sites for hydroxylation is 1. The zero-order valence-corrected chi connectivity index (χ0v) is 18.8. The number of rotatable bonds is 8. The number of hydrogen-bond acceptors (Lipinski definition) is 5. The van der Waals surface area contributed by atoms with Gasteiger partial charge < -0.3 is 9.30 Å². The van der Waals surface area contributed by atoms with E-state index in [1.807, 2.05) is 42.5 Å². The van der Waals surface area contributed by atoms with Gasteiger partial charge in [-0.2, -0.15) is 5.10 Å². The van der Waals surface area contributed by atoms with Gasteiger partial charge in [0.05, 0.1) is 36.7 Å². The van der Waals surface area contributed by atoms with Gasteiger partial charge in [0.15, 0.2) is 5.16 Å². The quantitative estimate of drug-likeness (QED) is 0.244. The van der Waals surface area contributed by atoms with Crippen LogP contribution < -0.4 is 10.2 Å². The van der Waals surface area contributed by atoms with E-state index in [1.165, 1.54) is 22.9 Å². The summed E-state index contributed by atoms with van der Waals surface area (Å²) in [7, 11) is 1.60. The number of hydrazone groups is 1. The average molecular weight is 445 g/mol. The van der Waals surface area contributed by atoms with Crippen molar-refractivity contribution < 1.29 is 9.53 Å². The molecule has 0 saturated heterocycles. The van der Waals surface area contributed by atoms with Gasteiger partial charge in [0.2, 0.25) is 0 Å². The molecule has 1 N–H and O–H groups in total. The van der Waals surface area contributed by atoms with Crippen molar-refractivity contribution in [3.63, 3.8) is 0 Å². The fourth-order valence-corrected chi connectivity index (χ4v) is 4.11. The molecule has 0 spiro atoms. The number of para-hydroxylation sites is 3. The molecule has 7 heteroatoms. The van der Waals surface area contributed by atoms with Crippen molar-refractivity contribution in [1.29, 1.82) is 0 Å². The third-order valence-electron chi connectivity index (χ3n) is 4.94. The lowest BCUT2D eigenvalue weighted by atomic mass is 10.1. The molecule has 0 atom stereocenters. The predicted molar refractivity (Wildman–Crippen MR) is 129 cm³/mol. The molecular weight excluding hydrogens is 420 g/mol. The molecule has 0 saturated carbocycles. The first-order chi connectivity index (χ1) is 15.6. The molecule has 4 rings (SSSR count). The largest absolute Gasteiger partial charge is 0.496 e. The summed E-state index contributed by atoms with van der Waals surface area (Å²) in [4.78, 5) is 17.1. The van der Waals surface area contributed by atoms with E-state index >= 15 is 0 Å². The summed E-state index contributed by atoms with van der Waals surface area (Å²) in [6.07, 6.45) is 1.58. The van der Waals surface area contributed by atoms with Crippen molar-refractivity contribution in [1.82, 2.24) is 15.0 Å². The van der Waals surface area contributed by atoms with Gasteiger partial charge in [-0.1, -0.05) is 65.9 Å². The number of benzene rings is 3. The van der Waals surface area contributed by atoms with Gasteiger partial charge in [-0.25, -0.2) is 10.4 Å². The molecule has 1 aromatic heterocycles. The molecule has 162 valence electrons. The van der Waals surface area contributed by atoms with Crippen LogP contribution >= 0.6 is 11.8 Å². The Morgan fingerprint density at radius 2 is 1.84 bits per heavy atom. The van der Waals surface area contributed by atoms with Gasteiger partial charge >= 0.3 is 0 Å². The highest BCUT2D eigenvalue weighted by molar-refractivity contribution is 7.99. The second-order valence-electron chi connectivity index (χ2n) is 7.28. The van der Waals surface area contributed by atoms with Crippen LogP contribution in [0, 0.1) is 6.92 Å². The van der Waals surface area contributed by atoms with E-state index in [9.17, 15) is 4.79 Å². The number of hydrogen-bond donors (Lipinski definition) is 1. The van der Waals surface area contributed by atoms with Crippen LogP contribution in [-0.2, 0) is 11.3 Å². The number of aromatic nitrogens is 2. The molecule has 32 heavy (non-hydrogen) atoms. The van der Waals surface area contributed by atoms with E-state index < -0.39 is 0 Å². The van der Waals surface area contributed by atoms with E-state index in [4.69, 9.17) is 9.72 Å². The molecule has 0 bridgehead atoms. The Labute approximate surface area is 191 Å². The monoisotopic (exact) mass is 444 g/mol. The highest BCUT2D eigenvalue weighted by atomic mass is 32.2. The van der Waals surface area contributed by atoms with Crippen molar-refractivity contribution >= 4 is 34.9 Å². The van der Waals surface area contributed by atoms with Gasteiger partial charge in [-0.3, -0.25) is 4.79 Å². The fraction of sp³-hybridized carbons (Fsp3) is 0.160. The molecule has 0 aliphatic rings. The Hall–Kier alpha value is -3.58. The molecule has 0 fully saturated rings. The van der Waals surface area contributed by atoms with E-state index in [0.29, 0.717) is 12.3 Å². The van der Waals surface area contributed by atoms with E-state index in [0.717, 1.165) is 21.8 Å². The summed E-state index contributed by atoms with van der Waals surface area (Å²) in [5.41, 5.74) is 7.75. The second-order valence-corrected chi connectivity index (χ2v) is 8.22. The Morgan fingerprint density at radius 1 is 1.09 bits per heavy atom. The average Bonchev–Trinajstić information content (AvgIpc) is 3.17. The lowest BCUT2D eigenvalue weighted by Gasteiger charge is -2.09. The number of nitrogens with zero attached hydrogens (tertiary/aromatic N) is 3. The summed E-state index contributed by atoms with van der Waals surface area (Å²) < 4.78 is 7.44. The molecule has 1 heterocycles. The first-order valence-electron chi connectivity index (χ1n) is 10.2. The van der Waals surface area contributed by atoms with Crippen molar-refractivity contribution in [3.05, 3.63) is 89.5 Å². The predicted octanol–water partition coefficient (Wildman–Crippen LogP) is 4.64. The van der Waals surface area contributed by atoms with E-state index in [2.05, 4.69) is 52.3 Å². The number of thioether (sulfide) groups is 1. The number of carbonyl (C=O) groups excluding carboxylic acids is 1. The van der Waals surface area contributed by atoms with Crippen LogP contribution in [0.25, 0.3) is 11.0 Å². The number of nitrogens with one attached hydrogen (secondary N) is 1. The molecular formula is C25H24N4O2S. The Balaban J connectivity index is 1.45. The highest BCUT2D eigenvalue weighted by Gasteiger charge is 2.13. The molecule has 0 aliphatic carbocycles. The van der Waals surface area contributed by atoms with Crippen molar-refractivity contribution in [2.24, 2.45) is 5.10 Å². The van der Waals surface area contributed by atoms with Crippen LogP contribution in [0.4, 0.5) is 0 Å². The number of ether oxygens (including phenoxy) is 1. The first kappa shape index (κ1) is 21.6. The number of imidazole rings is 1. The second kappa shape index (κ2) is 10.2. The van der Waals surface area contributed by atoms with Gasteiger partial charge in [0.1, 0.15) is 5.75 Å². The van der Waals surface area contributed by atoms with Crippen molar-refractivity contribution in [3.8, 4) is 5.75 Å². The van der Waals surface area contributed by atoms with Gasteiger partial charge in [0, 0.05) is 5.56 Å².